The molecule has 1 saturated carbocycles. The maximum Gasteiger partial charge on any atom is 0.243 e. The molecule has 0 unspecified atom stereocenters. The molecule has 4 rings (SSSR count). The van der Waals surface area contributed by atoms with Crippen LogP contribution in [0, 0.1) is 5.92 Å². The highest BCUT2D eigenvalue weighted by Crippen LogP contribution is 2.45. The van der Waals surface area contributed by atoms with E-state index in [1.54, 1.807) is 28.6 Å². The van der Waals surface area contributed by atoms with Crippen LogP contribution in [0.5, 0.6) is 0 Å². The molecule has 1 aliphatic carbocycles. The number of rotatable bonds is 5. The number of sulfonamides is 1. The van der Waals surface area contributed by atoms with Crippen LogP contribution in [0.3, 0.4) is 0 Å². The molecule has 5 nitrogen and oxygen atoms in total. The predicted octanol–water partition coefficient (Wildman–Crippen LogP) is 2.82. The van der Waals surface area contributed by atoms with E-state index in [0.29, 0.717) is 37.0 Å². The van der Waals surface area contributed by atoms with Gasteiger partial charge in [-0.3, -0.25) is 0 Å². The molecule has 2 aromatic rings. The van der Waals surface area contributed by atoms with E-state index in [9.17, 15) is 13.5 Å². The highest BCUT2D eigenvalue weighted by atomic mass is 32.2. The van der Waals surface area contributed by atoms with Gasteiger partial charge in [-0.15, -0.1) is 0 Å². The second-order valence-corrected chi connectivity index (χ2v) is 9.61. The van der Waals surface area contributed by atoms with Crippen LogP contribution in [-0.4, -0.2) is 44.0 Å². The van der Waals surface area contributed by atoms with Crippen molar-refractivity contribution in [2.45, 2.75) is 30.3 Å². The first-order valence-corrected chi connectivity index (χ1v) is 11.0. The first-order chi connectivity index (χ1) is 12.9. The molecule has 2 fully saturated rings. The van der Waals surface area contributed by atoms with Gasteiger partial charge in [-0.2, -0.15) is 4.31 Å². The van der Waals surface area contributed by atoms with Crippen LogP contribution in [0.15, 0.2) is 59.5 Å². The lowest BCUT2D eigenvalue weighted by atomic mass is 9.91. The molecule has 1 aliphatic heterocycles. The molecule has 2 aliphatic rings. The van der Waals surface area contributed by atoms with Gasteiger partial charge in [0.1, 0.15) is 0 Å². The Kier molecular flexibility index (Phi) is 4.74. The fourth-order valence-corrected chi connectivity index (χ4v) is 5.26. The van der Waals surface area contributed by atoms with Crippen molar-refractivity contribution in [3.8, 4) is 0 Å². The van der Waals surface area contributed by atoms with E-state index >= 15 is 0 Å². The van der Waals surface area contributed by atoms with Crippen molar-refractivity contribution in [1.29, 1.82) is 0 Å². The summed E-state index contributed by atoms with van der Waals surface area (Å²) in [6, 6.07) is 16.7. The molecule has 1 saturated heterocycles. The predicted molar refractivity (Wildman–Crippen MR) is 106 cm³/mol. The van der Waals surface area contributed by atoms with Crippen molar-refractivity contribution in [2.75, 3.05) is 31.1 Å². The molecule has 1 heterocycles. The quantitative estimate of drug-likeness (QED) is 0.858. The van der Waals surface area contributed by atoms with Crippen LogP contribution in [0.1, 0.15) is 25.3 Å². The summed E-state index contributed by atoms with van der Waals surface area (Å²) in [6.45, 7) is 4.15. The lowest BCUT2D eigenvalue weighted by Gasteiger charge is -2.35. The Hall–Kier alpha value is -1.89. The standard InChI is InChI=1S/C21H26N2O3S/c1-21(24,17-7-8-17)18-9-11-19(12-10-18)22-13-15-23(16-14-22)27(25,26)20-5-3-2-4-6-20/h2-6,9-12,17,24H,7-8,13-16H2,1H3/t21-/m1/s1. The summed E-state index contributed by atoms with van der Waals surface area (Å²) in [5.41, 5.74) is 1.28. The van der Waals surface area contributed by atoms with Crippen molar-refractivity contribution in [2.24, 2.45) is 5.92 Å². The molecule has 6 heteroatoms. The number of hydrogen-bond donors (Lipinski definition) is 1. The number of nitrogens with zero attached hydrogens (tertiary/aromatic N) is 2. The normalized spacial score (nSPS) is 21.0. The van der Waals surface area contributed by atoms with E-state index in [1.807, 2.05) is 37.3 Å². The molecule has 1 atom stereocenters. The van der Waals surface area contributed by atoms with Crippen LogP contribution in [0.25, 0.3) is 0 Å². The van der Waals surface area contributed by atoms with E-state index in [2.05, 4.69) is 4.90 Å². The van der Waals surface area contributed by atoms with Gasteiger partial charge in [0, 0.05) is 31.9 Å². The lowest BCUT2D eigenvalue weighted by Crippen LogP contribution is -2.48. The molecular formula is C21H26N2O3S. The van der Waals surface area contributed by atoms with E-state index in [1.165, 1.54) is 0 Å². The maximum absolute atomic E-state index is 12.7. The number of hydrogen-bond acceptors (Lipinski definition) is 4. The zero-order chi connectivity index (χ0) is 19.1. The molecular weight excluding hydrogens is 360 g/mol. The van der Waals surface area contributed by atoms with Crippen LogP contribution >= 0.6 is 0 Å². The van der Waals surface area contributed by atoms with Crippen LogP contribution in [0.2, 0.25) is 0 Å². The molecule has 2 aromatic carbocycles. The summed E-state index contributed by atoms with van der Waals surface area (Å²) >= 11 is 0. The largest absolute Gasteiger partial charge is 0.385 e. The lowest BCUT2D eigenvalue weighted by molar-refractivity contribution is 0.0331. The van der Waals surface area contributed by atoms with Crippen molar-refractivity contribution >= 4 is 15.7 Å². The van der Waals surface area contributed by atoms with Gasteiger partial charge < -0.3 is 10.0 Å². The highest BCUT2D eigenvalue weighted by molar-refractivity contribution is 7.89. The van der Waals surface area contributed by atoms with E-state index in [4.69, 9.17) is 0 Å². The average molecular weight is 387 g/mol. The van der Waals surface area contributed by atoms with Gasteiger partial charge in [0.2, 0.25) is 10.0 Å². The van der Waals surface area contributed by atoms with Gasteiger partial charge in [-0.1, -0.05) is 30.3 Å². The molecule has 0 amide bonds. The zero-order valence-electron chi connectivity index (χ0n) is 15.6. The Labute approximate surface area is 161 Å². The van der Waals surface area contributed by atoms with Gasteiger partial charge in [-0.05, 0) is 55.5 Å². The van der Waals surface area contributed by atoms with E-state index in [0.717, 1.165) is 24.1 Å². The van der Waals surface area contributed by atoms with Crippen molar-refractivity contribution < 1.29 is 13.5 Å². The summed E-state index contributed by atoms with van der Waals surface area (Å²) in [5.74, 6) is 0.370. The van der Waals surface area contributed by atoms with E-state index < -0.39 is 15.6 Å². The van der Waals surface area contributed by atoms with Gasteiger partial charge in [-0.25, -0.2) is 8.42 Å². The topological polar surface area (TPSA) is 60.9 Å². The molecule has 27 heavy (non-hydrogen) atoms. The summed E-state index contributed by atoms with van der Waals surface area (Å²) in [6.07, 6.45) is 2.18. The minimum absolute atomic E-state index is 0.352. The third kappa shape index (κ3) is 3.61. The Bertz CT molecular complexity index is 883. The highest BCUT2D eigenvalue weighted by Gasteiger charge is 2.41. The van der Waals surface area contributed by atoms with Crippen molar-refractivity contribution in [3.63, 3.8) is 0 Å². The van der Waals surface area contributed by atoms with Gasteiger partial charge in [0.25, 0.3) is 0 Å². The summed E-state index contributed by atoms with van der Waals surface area (Å²) in [4.78, 5) is 2.55. The summed E-state index contributed by atoms with van der Waals surface area (Å²) < 4.78 is 27.0. The van der Waals surface area contributed by atoms with Crippen LogP contribution in [0.4, 0.5) is 5.69 Å². The second kappa shape index (κ2) is 6.93. The first-order valence-electron chi connectivity index (χ1n) is 9.52. The smallest absolute Gasteiger partial charge is 0.243 e. The zero-order valence-corrected chi connectivity index (χ0v) is 16.4. The Morgan fingerprint density at radius 1 is 0.926 bits per heavy atom. The Balaban J connectivity index is 1.42. The number of benzene rings is 2. The van der Waals surface area contributed by atoms with E-state index in [-0.39, 0.29) is 0 Å². The molecule has 144 valence electrons. The van der Waals surface area contributed by atoms with Gasteiger partial charge in [0.05, 0.1) is 10.5 Å². The third-order valence-electron chi connectivity index (χ3n) is 5.81. The van der Waals surface area contributed by atoms with Crippen molar-refractivity contribution in [3.05, 3.63) is 60.2 Å². The third-order valence-corrected chi connectivity index (χ3v) is 7.72. The minimum Gasteiger partial charge on any atom is -0.385 e. The molecule has 0 bridgehead atoms. The Morgan fingerprint density at radius 3 is 2.07 bits per heavy atom. The fourth-order valence-electron chi connectivity index (χ4n) is 3.82. The summed E-state index contributed by atoms with van der Waals surface area (Å²) in [7, 11) is -3.42. The number of piperazine rings is 1. The molecule has 0 radical (unpaired) electrons. The van der Waals surface area contributed by atoms with Crippen molar-refractivity contribution in [1.82, 2.24) is 4.31 Å². The summed E-state index contributed by atoms with van der Waals surface area (Å²) in [5, 5.41) is 10.7. The monoisotopic (exact) mass is 386 g/mol. The number of aliphatic hydroxyl groups is 1. The average Bonchev–Trinajstić information content (AvgIpc) is 3.55. The maximum atomic E-state index is 12.7. The fraction of sp³-hybridized carbons (Fsp3) is 0.429. The van der Waals surface area contributed by atoms with Gasteiger partial charge >= 0.3 is 0 Å². The molecule has 1 N–H and O–H groups in total. The molecule has 0 spiro atoms. The van der Waals surface area contributed by atoms with Crippen LogP contribution in [-0.2, 0) is 15.6 Å². The Morgan fingerprint density at radius 2 is 1.52 bits per heavy atom. The number of anilines is 1. The van der Waals surface area contributed by atoms with Crippen LogP contribution < -0.4 is 4.90 Å². The van der Waals surface area contributed by atoms with Gasteiger partial charge in [0.15, 0.2) is 0 Å². The minimum atomic E-state index is -3.42. The first kappa shape index (κ1) is 18.5. The molecule has 0 aromatic heterocycles. The second-order valence-electron chi connectivity index (χ2n) is 7.67. The SMILES string of the molecule is C[C@](O)(c1ccc(N2CCN(S(=O)(=O)c3ccccc3)CC2)cc1)C1CC1.